The molecule has 192 valence electrons. The van der Waals surface area contributed by atoms with Crippen molar-refractivity contribution in [3.8, 4) is 22.7 Å². The number of aryl methyl sites for hydroxylation is 1. The van der Waals surface area contributed by atoms with Crippen LogP contribution in [0.2, 0.25) is 0 Å². The molecule has 4 aromatic rings. The van der Waals surface area contributed by atoms with Crippen molar-refractivity contribution >= 4 is 11.6 Å². The van der Waals surface area contributed by atoms with Gasteiger partial charge >= 0.3 is 12.4 Å². The molecular weight excluding hydrogens is 500 g/mol. The summed E-state index contributed by atoms with van der Waals surface area (Å²) in [5.41, 5.74) is -1.64. The van der Waals surface area contributed by atoms with Crippen LogP contribution in [0.15, 0.2) is 72.9 Å². The molecule has 5 nitrogen and oxygen atoms in total. The van der Waals surface area contributed by atoms with Crippen LogP contribution in [-0.4, -0.2) is 22.8 Å². The molecule has 0 atom stereocenters. The highest BCUT2D eigenvalue weighted by Crippen LogP contribution is 2.38. The molecule has 1 aromatic heterocycles. The lowest BCUT2D eigenvalue weighted by molar-refractivity contribution is -0.143. The third-order valence-corrected chi connectivity index (χ3v) is 5.45. The van der Waals surface area contributed by atoms with Crippen LogP contribution in [0, 0.1) is 6.92 Å². The largest absolute Gasteiger partial charge is 0.497 e. The zero-order valence-corrected chi connectivity index (χ0v) is 19.4. The second-order valence-electron chi connectivity index (χ2n) is 8.15. The van der Waals surface area contributed by atoms with Gasteiger partial charge in [0.25, 0.3) is 5.91 Å². The Kier molecular flexibility index (Phi) is 6.72. The van der Waals surface area contributed by atoms with Gasteiger partial charge < -0.3 is 10.1 Å². The van der Waals surface area contributed by atoms with Gasteiger partial charge in [-0.05, 0) is 49.4 Å². The summed E-state index contributed by atoms with van der Waals surface area (Å²) in [6.45, 7) is 1.89. The Hall–Kier alpha value is -4.28. The van der Waals surface area contributed by atoms with Crippen molar-refractivity contribution in [3.63, 3.8) is 0 Å². The molecule has 0 aliphatic rings. The van der Waals surface area contributed by atoms with Crippen LogP contribution >= 0.6 is 0 Å². The Morgan fingerprint density at radius 3 is 2.08 bits per heavy atom. The molecule has 4 rings (SSSR count). The van der Waals surface area contributed by atoms with E-state index >= 15 is 0 Å². The number of hydrogen-bond acceptors (Lipinski definition) is 3. The Morgan fingerprint density at radius 1 is 0.892 bits per heavy atom. The number of halogens is 6. The molecular formula is C26H19F6N3O2. The average molecular weight is 519 g/mol. The fourth-order valence-corrected chi connectivity index (χ4v) is 3.58. The van der Waals surface area contributed by atoms with Gasteiger partial charge in [0.1, 0.15) is 11.4 Å². The van der Waals surface area contributed by atoms with Crippen molar-refractivity contribution in [2.24, 2.45) is 0 Å². The van der Waals surface area contributed by atoms with E-state index in [1.54, 1.807) is 36.4 Å². The van der Waals surface area contributed by atoms with Gasteiger partial charge in [0, 0.05) is 17.4 Å². The molecule has 0 saturated carbocycles. The van der Waals surface area contributed by atoms with Gasteiger partial charge in [-0.25, -0.2) is 4.68 Å². The number of rotatable bonds is 5. The number of aromatic nitrogens is 2. The number of carbonyl (C=O) groups is 1. The number of amides is 1. The summed E-state index contributed by atoms with van der Waals surface area (Å²) in [7, 11) is 1.45. The van der Waals surface area contributed by atoms with E-state index in [1.807, 2.05) is 19.1 Å². The maximum absolute atomic E-state index is 13.3. The maximum atomic E-state index is 13.3. The number of carbonyl (C=O) groups excluding carboxylic acids is 1. The van der Waals surface area contributed by atoms with E-state index in [-0.39, 0.29) is 17.3 Å². The first-order valence-electron chi connectivity index (χ1n) is 10.8. The Morgan fingerprint density at radius 2 is 1.51 bits per heavy atom. The zero-order valence-electron chi connectivity index (χ0n) is 19.4. The SMILES string of the molecule is COc1cccc(-c2nn(-c3ccc(C)cc3)cc2C(=O)Nc2cc(C(F)(F)F)cc(C(F)(F)F)c2)c1. The lowest BCUT2D eigenvalue weighted by atomic mass is 10.1. The minimum Gasteiger partial charge on any atom is -0.497 e. The first-order valence-corrected chi connectivity index (χ1v) is 10.8. The second kappa shape index (κ2) is 9.64. The molecule has 0 unspecified atom stereocenters. The normalized spacial score (nSPS) is 11.9. The summed E-state index contributed by atoms with van der Waals surface area (Å²) < 4.78 is 86.2. The lowest BCUT2D eigenvalue weighted by Gasteiger charge is -2.14. The zero-order chi connectivity index (χ0) is 27.0. The smallest absolute Gasteiger partial charge is 0.416 e. The molecule has 1 amide bonds. The van der Waals surface area contributed by atoms with Crippen LogP contribution in [0.25, 0.3) is 16.9 Å². The molecule has 0 radical (unpaired) electrons. The summed E-state index contributed by atoms with van der Waals surface area (Å²) in [5, 5.41) is 6.64. The molecule has 1 heterocycles. The predicted molar refractivity (Wildman–Crippen MR) is 125 cm³/mol. The van der Waals surface area contributed by atoms with Crippen molar-refractivity contribution in [3.05, 3.63) is 95.2 Å². The summed E-state index contributed by atoms with van der Waals surface area (Å²) in [6.07, 6.45) is -8.75. The van der Waals surface area contributed by atoms with Gasteiger partial charge in [-0.15, -0.1) is 0 Å². The summed E-state index contributed by atoms with van der Waals surface area (Å²) >= 11 is 0. The Balaban J connectivity index is 1.80. The molecule has 0 saturated heterocycles. The van der Waals surface area contributed by atoms with E-state index in [0.29, 0.717) is 29.1 Å². The Labute approximate surface area is 207 Å². The third-order valence-electron chi connectivity index (χ3n) is 5.45. The maximum Gasteiger partial charge on any atom is 0.416 e. The van der Waals surface area contributed by atoms with Gasteiger partial charge in [-0.3, -0.25) is 4.79 Å². The number of anilines is 1. The number of nitrogens with zero attached hydrogens (tertiary/aromatic N) is 2. The van der Waals surface area contributed by atoms with Crippen LogP contribution in [-0.2, 0) is 12.4 Å². The van der Waals surface area contributed by atoms with Crippen LogP contribution in [0.3, 0.4) is 0 Å². The fourth-order valence-electron chi connectivity index (χ4n) is 3.58. The first kappa shape index (κ1) is 25.8. The molecule has 37 heavy (non-hydrogen) atoms. The molecule has 0 aliphatic heterocycles. The molecule has 3 aromatic carbocycles. The fraction of sp³-hybridized carbons (Fsp3) is 0.154. The number of ether oxygens (including phenoxy) is 1. The van der Waals surface area contributed by atoms with Gasteiger partial charge in [0.05, 0.1) is 29.5 Å². The topological polar surface area (TPSA) is 56.2 Å². The van der Waals surface area contributed by atoms with Crippen molar-refractivity contribution < 1.29 is 35.9 Å². The van der Waals surface area contributed by atoms with Crippen LogP contribution < -0.4 is 10.1 Å². The molecule has 0 bridgehead atoms. The summed E-state index contributed by atoms with van der Waals surface area (Å²) in [6, 6.07) is 14.6. The molecule has 0 spiro atoms. The van der Waals surface area contributed by atoms with Gasteiger partial charge in [-0.2, -0.15) is 31.4 Å². The highest BCUT2D eigenvalue weighted by Gasteiger charge is 2.37. The summed E-state index contributed by atoms with van der Waals surface area (Å²) in [4.78, 5) is 13.2. The van der Waals surface area contributed by atoms with Gasteiger partial charge in [0.15, 0.2) is 0 Å². The number of alkyl halides is 6. The summed E-state index contributed by atoms with van der Waals surface area (Å²) in [5.74, 6) is -0.481. The van der Waals surface area contributed by atoms with E-state index < -0.39 is 35.1 Å². The number of nitrogens with one attached hydrogen (secondary N) is 1. The van der Waals surface area contributed by atoms with Gasteiger partial charge in [-0.1, -0.05) is 29.8 Å². The van der Waals surface area contributed by atoms with Crippen molar-refractivity contribution in [2.75, 3.05) is 12.4 Å². The highest BCUT2D eigenvalue weighted by atomic mass is 19.4. The molecule has 1 N–H and O–H groups in total. The molecule has 0 aliphatic carbocycles. The highest BCUT2D eigenvalue weighted by molar-refractivity contribution is 6.08. The second-order valence-corrected chi connectivity index (χ2v) is 8.15. The monoisotopic (exact) mass is 519 g/mol. The van der Waals surface area contributed by atoms with Gasteiger partial charge in [0.2, 0.25) is 0 Å². The number of hydrogen-bond donors (Lipinski definition) is 1. The van der Waals surface area contributed by atoms with Crippen LogP contribution in [0.4, 0.5) is 32.0 Å². The van der Waals surface area contributed by atoms with Crippen LogP contribution in [0.1, 0.15) is 27.0 Å². The standard InChI is InChI=1S/C26H19F6N3O2/c1-15-6-8-20(9-7-15)35-14-22(23(34-35)16-4-3-5-21(10-16)37-2)24(36)33-19-12-17(25(27,28)29)11-18(13-19)26(30,31)32/h3-14H,1-2H3,(H,33,36). The van der Waals surface area contributed by atoms with E-state index in [9.17, 15) is 31.1 Å². The first-order chi connectivity index (χ1) is 17.3. The van der Waals surface area contributed by atoms with Crippen molar-refractivity contribution in [1.29, 1.82) is 0 Å². The predicted octanol–water partition coefficient (Wildman–Crippen LogP) is 7.15. The Bertz CT molecular complexity index is 1410. The minimum absolute atomic E-state index is 0.00719. The van der Waals surface area contributed by atoms with E-state index in [2.05, 4.69) is 10.4 Å². The lowest BCUT2D eigenvalue weighted by Crippen LogP contribution is -2.16. The van der Waals surface area contributed by atoms with E-state index in [4.69, 9.17) is 4.74 Å². The van der Waals surface area contributed by atoms with E-state index in [1.165, 1.54) is 18.0 Å². The molecule has 11 heteroatoms. The third kappa shape index (κ3) is 5.76. The average Bonchev–Trinajstić information content (AvgIpc) is 3.29. The van der Waals surface area contributed by atoms with Crippen molar-refractivity contribution in [1.82, 2.24) is 9.78 Å². The number of benzene rings is 3. The molecule has 0 fully saturated rings. The van der Waals surface area contributed by atoms with Crippen molar-refractivity contribution in [2.45, 2.75) is 19.3 Å². The quantitative estimate of drug-likeness (QED) is 0.285. The van der Waals surface area contributed by atoms with Crippen LogP contribution in [0.5, 0.6) is 5.75 Å². The van der Waals surface area contributed by atoms with E-state index in [0.717, 1.165) is 5.56 Å². The minimum atomic E-state index is -5.05. The number of methoxy groups -OCH3 is 1.